The van der Waals surface area contributed by atoms with Crippen molar-refractivity contribution in [3.05, 3.63) is 54.1 Å². The normalized spacial score (nSPS) is 11.8. The number of carbonyl (C=O) groups excluding carboxylic acids is 1. The molecule has 0 aliphatic carbocycles. The van der Waals surface area contributed by atoms with Crippen LogP contribution in [0, 0.1) is 0 Å². The van der Waals surface area contributed by atoms with Gasteiger partial charge >= 0.3 is 5.97 Å². The largest absolute Gasteiger partial charge is 0.462 e. The SMILES string of the molecule is CCOC(=O)c1cnc(CS(=O)c2ccccc2)nc1. The molecule has 0 aliphatic heterocycles. The highest BCUT2D eigenvalue weighted by atomic mass is 32.2. The van der Waals surface area contributed by atoms with Gasteiger partial charge in [-0.05, 0) is 19.1 Å². The van der Waals surface area contributed by atoms with Crippen molar-refractivity contribution in [2.75, 3.05) is 6.61 Å². The van der Waals surface area contributed by atoms with Crippen LogP contribution in [0.15, 0.2) is 47.6 Å². The minimum Gasteiger partial charge on any atom is -0.462 e. The molecule has 0 amide bonds. The molecule has 0 saturated carbocycles. The molecule has 0 N–H and O–H groups in total. The van der Waals surface area contributed by atoms with Crippen LogP contribution in [0.25, 0.3) is 0 Å². The molecule has 0 radical (unpaired) electrons. The summed E-state index contributed by atoms with van der Waals surface area (Å²) >= 11 is 0. The molecular weight excluding hydrogens is 276 g/mol. The number of rotatable bonds is 5. The lowest BCUT2D eigenvalue weighted by atomic mass is 10.3. The smallest absolute Gasteiger partial charge is 0.341 e. The fourth-order valence-corrected chi connectivity index (χ4v) is 2.53. The average Bonchev–Trinajstić information content (AvgIpc) is 2.49. The first-order valence-corrected chi connectivity index (χ1v) is 7.44. The molecule has 0 spiro atoms. The number of ether oxygens (including phenoxy) is 1. The Labute approximate surface area is 119 Å². The third kappa shape index (κ3) is 3.71. The molecule has 104 valence electrons. The zero-order chi connectivity index (χ0) is 14.4. The second-order valence-corrected chi connectivity index (χ2v) is 5.36. The lowest BCUT2D eigenvalue weighted by molar-refractivity contribution is 0.0525. The first-order valence-electron chi connectivity index (χ1n) is 6.12. The predicted molar refractivity (Wildman–Crippen MR) is 74.5 cm³/mol. The van der Waals surface area contributed by atoms with Gasteiger partial charge in [-0.25, -0.2) is 14.8 Å². The van der Waals surface area contributed by atoms with Crippen LogP contribution in [0.5, 0.6) is 0 Å². The summed E-state index contributed by atoms with van der Waals surface area (Å²) in [5.74, 6) is 0.191. The van der Waals surface area contributed by atoms with Crippen LogP contribution in [0.2, 0.25) is 0 Å². The molecule has 20 heavy (non-hydrogen) atoms. The molecular formula is C14H14N2O3S. The fraction of sp³-hybridized carbons (Fsp3) is 0.214. The van der Waals surface area contributed by atoms with Crippen LogP contribution in [0.4, 0.5) is 0 Å². The zero-order valence-electron chi connectivity index (χ0n) is 11.0. The summed E-state index contributed by atoms with van der Waals surface area (Å²) < 4.78 is 16.9. The van der Waals surface area contributed by atoms with E-state index in [2.05, 4.69) is 9.97 Å². The average molecular weight is 290 g/mol. The number of aromatic nitrogens is 2. The van der Waals surface area contributed by atoms with Gasteiger partial charge in [0, 0.05) is 17.3 Å². The third-order valence-corrected chi connectivity index (χ3v) is 3.80. The highest BCUT2D eigenvalue weighted by Gasteiger charge is 2.10. The van der Waals surface area contributed by atoms with Crippen LogP contribution in [-0.4, -0.2) is 26.8 Å². The Kier molecular flexibility index (Phi) is 4.95. The summed E-state index contributed by atoms with van der Waals surface area (Å²) in [5, 5.41) is 0. The third-order valence-electron chi connectivity index (χ3n) is 2.48. The molecule has 1 aromatic heterocycles. The van der Waals surface area contributed by atoms with Crippen molar-refractivity contribution in [1.29, 1.82) is 0 Å². The Morgan fingerprint density at radius 3 is 2.45 bits per heavy atom. The van der Waals surface area contributed by atoms with E-state index in [9.17, 15) is 9.00 Å². The molecule has 0 bridgehead atoms. The highest BCUT2D eigenvalue weighted by Crippen LogP contribution is 2.09. The Balaban J connectivity index is 2.04. The number of carbonyl (C=O) groups is 1. The molecule has 5 nitrogen and oxygen atoms in total. The van der Waals surface area contributed by atoms with Crippen LogP contribution in [0.3, 0.4) is 0 Å². The van der Waals surface area contributed by atoms with E-state index in [0.29, 0.717) is 18.0 Å². The van der Waals surface area contributed by atoms with Crippen LogP contribution >= 0.6 is 0 Å². The summed E-state index contributed by atoms with van der Waals surface area (Å²) in [4.78, 5) is 20.2. The van der Waals surface area contributed by atoms with E-state index < -0.39 is 16.8 Å². The van der Waals surface area contributed by atoms with Gasteiger partial charge in [0.2, 0.25) is 0 Å². The Morgan fingerprint density at radius 1 is 1.20 bits per heavy atom. The molecule has 1 aromatic carbocycles. The van der Waals surface area contributed by atoms with Crippen LogP contribution in [-0.2, 0) is 21.3 Å². The molecule has 1 unspecified atom stereocenters. The van der Waals surface area contributed by atoms with E-state index in [1.165, 1.54) is 12.4 Å². The monoisotopic (exact) mass is 290 g/mol. The molecule has 1 heterocycles. The molecule has 1 atom stereocenters. The standard InChI is InChI=1S/C14H14N2O3S/c1-2-19-14(17)11-8-15-13(16-9-11)10-20(18)12-6-4-3-5-7-12/h3-9H,2,10H2,1H3. The van der Waals surface area contributed by atoms with Crippen molar-refractivity contribution in [2.24, 2.45) is 0 Å². The first kappa shape index (κ1) is 14.3. The first-order chi connectivity index (χ1) is 9.70. The number of hydrogen-bond acceptors (Lipinski definition) is 5. The highest BCUT2D eigenvalue weighted by molar-refractivity contribution is 7.84. The van der Waals surface area contributed by atoms with Gasteiger partial charge in [0.25, 0.3) is 0 Å². The number of benzene rings is 1. The van der Waals surface area contributed by atoms with Gasteiger partial charge in [-0.1, -0.05) is 18.2 Å². The fourth-order valence-electron chi connectivity index (χ4n) is 1.52. The Hall–Kier alpha value is -2.08. The predicted octanol–water partition coefficient (Wildman–Crippen LogP) is 1.96. The molecule has 6 heteroatoms. The van der Waals surface area contributed by atoms with E-state index in [1.54, 1.807) is 19.1 Å². The van der Waals surface area contributed by atoms with Gasteiger partial charge in [0.15, 0.2) is 0 Å². The van der Waals surface area contributed by atoms with Crippen molar-refractivity contribution in [3.8, 4) is 0 Å². The number of esters is 1. The summed E-state index contributed by atoms with van der Waals surface area (Å²) in [6.07, 6.45) is 2.78. The quantitative estimate of drug-likeness (QED) is 0.787. The summed E-state index contributed by atoms with van der Waals surface area (Å²) in [7, 11) is -1.20. The minimum absolute atomic E-state index is 0.215. The minimum atomic E-state index is -1.20. The maximum absolute atomic E-state index is 12.1. The lowest BCUT2D eigenvalue weighted by Gasteiger charge is -2.03. The summed E-state index contributed by atoms with van der Waals surface area (Å²) in [5.41, 5.74) is 0.293. The lowest BCUT2D eigenvalue weighted by Crippen LogP contribution is -2.08. The topological polar surface area (TPSA) is 69.2 Å². The van der Waals surface area contributed by atoms with Crippen molar-refractivity contribution in [3.63, 3.8) is 0 Å². The molecule has 0 saturated heterocycles. The van der Waals surface area contributed by atoms with Crippen LogP contribution < -0.4 is 0 Å². The van der Waals surface area contributed by atoms with Crippen molar-refractivity contribution in [1.82, 2.24) is 9.97 Å². The van der Waals surface area contributed by atoms with E-state index in [1.807, 2.05) is 18.2 Å². The maximum atomic E-state index is 12.1. The molecule has 0 aliphatic rings. The number of nitrogens with zero attached hydrogens (tertiary/aromatic N) is 2. The van der Waals surface area contributed by atoms with E-state index in [-0.39, 0.29) is 5.75 Å². The van der Waals surface area contributed by atoms with E-state index >= 15 is 0 Å². The van der Waals surface area contributed by atoms with Gasteiger partial charge in [0.1, 0.15) is 5.82 Å². The number of hydrogen-bond donors (Lipinski definition) is 0. The Morgan fingerprint density at radius 2 is 1.85 bits per heavy atom. The molecule has 2 aromatic rings. The molecule has 2 rings (SSSR count). The van der Waals surface area contributed by atoms with Crippen molar-refractivity contribution >= 4 is 16.8 Å². The van der Waals surface area contributed by atoms with Gasteiger partial charge in [0.05, 0.1) is 28.7 Å². The van der Waals surface area contributed by atoms with Gasteiger partial charge in [-0.15, -0.1) is 0 Å². The van der Waals surface area contributed by atoms with Crippen molar-refractivity contribution in [2.45, 2.75) is 17.6 Å². The van der Waals surface area contributed by atoms with Gasteiger partial charge in [-0.3, -0.25) is 4.21 Å². The van der Waals surface area contributed by atoms with Crippen LogP contribution in [0.1, 0.15) is 23.1 Å². The van der Waals surface area contributed by atoms with Gasteiger partial charge < -0.3 is 4.74 Å². The van der Waals surface area contributed by atoms with Gasteiger partial charge in [-0.2, -0.15) is 0 Å². The summed E-state index contributed by atoms with van der Waals surface area (Å²) in [6.45, 7) is 2.04. The summed E-state index contributed by atoms with van der Waals surface area (Å²) in [6, 6.07) is 9.12. The Bertz CT molecular complexity index is 600. The van der Waals surface area contributed by atoms with E-state index in [0.717, 1.165) is 4.90 Å². The van der Waals surface area contributed by atoms with E-state index in [4.69, 9.17) is 4.74 Å². The zero-order valence-corrected chi connectivity index (χ0v) is 11.8. The van der Waals surface area contributed by atoms with Crippen molar-refractivity contribution < 1.29 is 13.7 Å². The maximum Gasteiger partial charge on any atom is 0.341 e. The second-order valence-electron chi connectivity index (χ2n) is 3.91. The molecule has 0 fully saturated rings. The second kappa shape index (κ2) is 6.91.